The topological polar surface area (TPSA) is 99.2 Å². The lowest BCUT2D eigenvalue weighted by Crippen LogP contribution is -2.33. The number of hydrogen-bond donors (Lipinski definition) is 1. The van der Waals surface area contributed by atoms with Gasteiger partial charge in [0.15, 0.2) is 6.23 Å². The summed E-state index contributed by atoms with van der Waals surface area (Å²) >= 11 is 0. The predicted molar refractivity (Wildman–Crippen MR) is 70.8 cm³/mol. The molecule has 0 radical (unpaired) electrons. The summed E-state index contributed by atoms with van der Waals surface area (Å²) in [7, 11) is 0. The van der Waals surface area contributed by atoms with Crippen LogP contribution in [0, 0.1) is 11.6 Å². The van der Waals surface area contributed by atoms with Gasteiger partial charge in [0.05, 0.1) is 18.4 Å². The van der Waals surface area contributed by atoms with Crippen molar-refractivity contribution in [1.82, 2.24) is 19.3 Å². The summed E-state index contributed by atoms with van der Waals surface area (Å²) in [6.45, 7) is -0.287. The maximum atomic E-state index is 13.6. The quantitative estimate of drug-likeness (QED) is 0.854. The monoisotopic (exact) mass is 326 g/mol. The molecule has 2 aromatic heterocycles. The predicted octanol–water partition coefficient (Wildman–Crippen LogP) is 1.30. The summed E-state index contributed by atoms with van der Waals surface area (Å²) in [5.74, 6) is -1.35. The molecule has 122 valence electrons. The van der Waals surface area contributed by atoms with E-state index in [0.717, 1.165) is 15.4 Å². The second-order valence-corrected chi connectivity index (χ2v) is 5.04. The molecule has 1 atom stereocenters. The number of carbonyl (C=O) groups is 1. The van der Waals surface area contributed by atoms with Gasteiger partial charge >= 0.3 is 11.8 Å². The van der Waals surface area contributed by atoms with Gasteiger partial charge < -0.3 is 9.84 Å². The molecule has 0 amide bonds. The number of fused-ring (bicyclic) bond motifs is 1. The number of aromatic nitrogens is 4. The van der Waals surface area contributed by atoms with E-state index in [1.165, 1.54) is 0 Å². The van der Waals surface area contributed by atoms with E-state index >= 15 is 0 Å². The Morgan fingerprint density at radius 2 is 2.26 bits per heavy atom. The van der Waals surface area contributed by atoms with Gasteiger partial charge in [-0.15, -0.1) is 0 Å². The third-order valence-electron chi connectivity index (χ3n) is 3.50. The Hall–Kier alpha value is -2.78. The average Bonchev–Trinajstić information content (AvgIpc) is 2.79. The Morgan fingerprint density at radius 1 is 1.48 bits per heavy atom. The third kappa shape index (κ3) is 2.91. The van der Waals surface area contributed by atoms with Crippen LogP contribution < -0.4 is 5.69 Å². The van der Waals surface area contributed by atoms with Crippen LogP contribution in [0.15, 0.2) is 17.1 Å². The molecule has 0 bridgehead atoms. The van der Waals surface area contributed by atoms with Crippen molar-refractivity contribution in [2.75, 3.05) is 0 Å². The van der Waals surface area contributed by atoms with E-state index in [1.807, 2.05) is 0 Å². The van der Waals surface area contributed by atoms with Crippen molar-refractivity contribution < 1.29 is 23.4 Å². The number of nitrogens with zero attached hydrogens (tertiary/aromatic N) is 4. The molecule has 2 aromatic rings. The number of halogens is 2. The molecule has 3 heterocycles. The Balaban J connectivity index is 1.95. The molecule has 8 nitrogen and oxygen atoms in total. The first kappa shape index (κ1) is 15.1. The highest BCUT2D eigenvalue weighted by atomic mass is 19.1. The zero-order chi connectivity index (χ0) is 16.6. The van der Waals surface area contributed by atoms with Crippen molar-refractivity contribution in [1.29, 1.82) is 0 Å². The van der Waals surface area contributed by atoms with Crippen LogP contribution in [0.3, 0.4) is 0 Å². The summed E-state index contributed by atoms with van der Waals surface area (Å²) in [6.07, 6.45) is -0.167. The Bertz CT molecular complexity index is 817. The van der Waals surface area contributed by atoms with E-state index in [2.05, 4.69) is 14.8 Å². The van der Waals surface area contributed by atoms with Crippen LogP contribution in [0.4, 0.5) is 13.6 Å². The van der Waals surface area contributed by atoms with Gasteiger partial charge in [0, 0.05) is 18.9 Å². The Labute approximate surface area is 127 Å². The van der Waals surface area contributed by atoms with E-state index in [0.29, 0.717) is 31.2 Å². The maximum absolute atomic E-state index is 13.6. The van der Waals surface area contributed by atoms with Gasteiger partial charge in [0.1, 0.15) is 17.5 Å². The van der Waals surface area contributed by atoms with Crippen LogP contribution in [-0.2, 0) is 17.7 Å². The lowest BCUT2D eigenvalue weighted by atomic mass is 10.1. The smallest absolute Gasteiger partial charge is 0.450 e. The number of carboxylic acid groups (broad SMARTS) is 1. The highest BCUT2D eigenvalue weighted by Gasteiger charge is 2.28. The molecular formula is C13H12F2N4O4. The molecule has 1 aliphatic heterocycles. The number of hydrogen-bond acceptors (Lipinski definition) is 5. The molecule has 0 aromatic carbocycles. The van der Waals surface area contributed by atoms with Crippen LogP contribution in [0.2, 0.25) is 0 Å². The van der Waals surface area contributed by atoms with Crippen molar-refractivity contribution in [3.8, 4) is 0 Å². The van der Waals surface area contributed by atoms with Crippen LogP contribution in [0.5, 0.6) is 0 Å². The molecule has 0 unspecified atom stereocenters. The van der Waals surface area contributed by atoms with E-state index < -0.39 is 29.7 Å². The molecule has 10 heteroatoms. The third-order valence-corrected chi connectivity index (χ3v) is 3.50. The first-order valence-electron chi connectivity index (χ1n) is 6.83. The van der Waals surface area contributed by atoms with Gasteiger partial charge in [-0.05, 0) is 6.42 Å². The second kappa shape index (κ2) is 5.78. The molecule has 0 saturated carbocycles. The number of aryl methyl sites for hydroxylation is 1. The molecule has 0 spiro atoms. The normalized spacial score (nSPS) is 16.9. The van der Waals surface area contributed by atoms with Crippen molar-refractivity contribution >= 4 is 6.16 Å². The minimum absolute atomic E-state index is 0.139. The number of pyridine rings is 1. The first-order chi connectivity index (χ1) is 11.0. The summed E-state index contributed by atoms with van der Waals surface area (Å²) in [5, 5.41) is 12.8. The number of ether oxygens (including phenoxy) is 1. The first-order valence-corrected chi connectivity index (χ1v) is 6.83. The van der Waals surface area contributed by atoms with Gasteiger partial charge in [-0.3, -0.25) is 4.98 Å². The fourth-order valence-electron chi connectivity index (χ4n) is 2.52. The fraction of sp³-hybridized carbons (Fsp3) is 0.385. The van der Waals surface area contributed by atoms with Crippen LogP contribution in [0.25, 0.3) is 0 Å². The molecule has 0 saturated heterocycles. The molecule has 1 N–H and O–H groups in total. The summed E-state index contributed by atoms with van der Waals surface area (Å²) in [6, 6.07) is 0.666. The molecule has 0 fully saturated rings. The van der Waals surface area contributed by atoms with E-state index in [1.54, 1.807) is 0 Å². The fourth-order valence-corrected chi connectivity index (χ4v) is 2.52. The minimum Gasteiger partial charge on any atom is -0.450 e. The highest BCUT2D eigenvalue weighted by Crippen LogP contribution is 2.23. The SMILES string of the molecule is O=C(O)O[C@H]1CCCc2nn(Cc3ncc(F)cc3F)c(=O)n21. The largest absolute Gasteiger partial charge is 0.507 e. The van der Waals surface area contributed by atoms with E-state index in [9.17, 15) is 18.4 Å². The van der Waals surface area contributed by atoms with Crippen LogP contribution in [-0.4, -0.2) is 30.6 Å². The van der Waals surface area contributed by atoms with Gasteiger partial charge in [-0.25, -0.2) is 27.6 Å². The average molecular weight is 326 g/mol. The zero-order valence-corrected chi connectivity index (χ0v) is 11.8. The Morgan fingerprint density at radius 3 is 2.96 bits per heavy atom. The van der Waals surface area contributed by atoms with Crippen molar-refractivity contribution in [3.63, 3.8) is 0 Å². The van der Waals surface area contributed by atoms with Gasteiger partial charge in [-0.2, -0.15) is 5.10 Å². The molecule has 1 aliphatic rings. The van der Waals surface area contributed by atoms with Gasteiger partial charge in [0.25, 0.3) is 0 Å². The minimum atomic E-state index is -1.49. The molecule has 23 heavy (non-hydrogen) atoms. The van der Waals surface area contributed by atoms with Crippen molar-refractivity contribution in [3.05, 3.63) is 45.9 Å². The standard InChI is InChI=1S/C13H12F2N4O4/c14-7-4-8(15)9(16-5-7)6-18-12(20)19-10(17-18)2-1-3-11(19)23-13(21)22/h4-5,11H,1-3,6H2,(H,21,22)/t11-/m0/s1. The highest BCUT2D eigenvalue weighted by molar-refractivity contribution is 5.56. The van der Waals surface area contributed by atoms with E-state index in [-0.39, 0.29) is 12.2 Å². The van der Waals surface area contributed by atoms with Gasteiger partial charge in [-0.1, -0.05) is 0 Å². The zero-order valence-electron chi connectivity index (χ0n) is 11.8. The summed E-state index contributed by atoms with van der Waals surface area (Å²) in [5.41, 5.74) is -0.767. The summed E-state index contributed by atoms with van der Waals surface area (Å²) < 4.78 is 33.3. The molecule has 0 aliphatic carbocycles. The van der Waals surface area contributed by atoms with Gasteiger partial charge in [0.2, 0.25) is 0 Å². The molecule has 3 rings (SSSR count). The maximum Gasteiger partial charge on any atom is 0.507 e. The van der Waals surface area contributed by atoms with Crippen molar-refractivity contribution in [2.45, 2.75) is 32.0 Å². The van der Waals surface area contributed by atoms with E-state index in [4.69, 9.17) is 5.11 Å². The number of rotatable bonds is 3. The summed E-state index contributed by atoms with van der Waals surface area (Å²) in [4.78, 5) is 26.7. The second-order valence-electron chi connectivity index (χ2n) is 5.04. The lowest BCUT2D eigenvalue weighted by molar-refractivity contribution is 0.00392. The molecular weight excluding hydrogens is 314 g/mol. The Kier molecular flexibility index (Phi) is 3.80. The lowest BCUT2D eigenvalue weighted by Gasteiger charge is -2.21. The van der Waals surface area contributed by atoms with Crippen LogP contribution >= 0.6 is 0 Å². The van der Waals surface area contributed by atoms with Crippen LogP contribution in [0.1, 0.15) is 30.6 Å². The van der Waals surface area contributed by atoms with Crippen molar-refractivity contribution in [2.24, 2.45) is 0 Å².